The van der Waals surface area contributed by atoms with Crippen LogP contribution in [0.25, 0.3) is 38.3 Å². The zero-order chi connectivity index (χ0) is 27.3. The second-order valence-corrected chi connectivity index (χ2v) is 10.4. The van der Waals surface area contributed by atoms with Crippen LogP contribution in [-0.2, 0) is 6.54 Å². The van der Waals surface area contributed by atoms with E-state index in [1.807, 2.05) is 0 Å². The molecule has 1 saturated heterocycles. The predicted octanol–water partition coefficient (Wildman–Crippen LogP) is 6.22. The van der Waals surface area contributed by atoms with Crippen LogP contribution in [0.5, 0.6) is 5.75 Å². The zero-order valence-electron chi connectivity index (χ0n) is 21.7. The van der Waals surface area contributed by atoms with Crippen molar-refractivity contribution in [2.75, 3.05) is 38.6 Å². The van der Waals surface area contributed by atoms with Gasteiger partial charge in [-0.2, -0.15) is 8.78 Å². The van der Waals surface area contributed by atoms with Gasteiger partial charge in [-0.25, -0.2) is 14.2 Å². The van der Waals surface area contributed by atoms with E-state index in [9.17, 15) is 13.2 Å². The number of halogens is 3. The van der Waals surface area contributed by atoms with Crippen molar-refractivity contribution in [1.29, 1.82) is 0 Å². The van der Waals surface area contributed by atoms with E-state index in [2.05, 4.69) is 21.4 Å². The average Bonchev–Trinajstić information content (AvgIpc) is 3.31. The Labute approximate surface area is 224 Å². The maximum atomic E-state index is 14.8. The van der Waals surface area contributed by atoms with Crippen molar-refractivity contribution < 1.29 is 17.9 Å². The number of anilines is 1. The molecule has 0 spiro atoms. The molecule has 2 aliphatic heterocycles. The van der Waals surface area contributed by atoms with Crippen LogP contribution in [0.2, 0.25) is 0 Å². The molecule has 10 heteroatoms. The smallest absolute Gasteiger partial charge is 0.415 e. The van der Waals surface area contributed by atoms with Gasteiger partial charge in [-0.05, 0) is 62.7 Å². The number of pyridine rings is 1. The molecule has 200 valence electrons. The van der Waals surface area contributed by atoms with Crippen molar-refractivity contribution in [3.05, 3.63) is 66.2 Å². The summed E-state index contributed by atoms with van der Waals surface area (Å²) in [6.07, 6.45) is 2.37. The summed E-state index contributed by atoms with van der Waals surface area (Å²) in [6.45, 7) is 9.56. The van der Waals surface area contributed by atoms with Crippen LogP contribution in [-0.4, -0.2) is 59.3 Å². The van der Waals surface area contributed by atoms with E-state index in [0.717, 1.165) is 38.0 Å². The summed E-state index contributed by atoms with van der Waals surface area (Å²) in [5.74, 6) is -0.0961. The first-order valence-corrected chi connectivity index (χ1v) is 12.8. The van der Waals surface area contributed by atoms with E-state index in [0.29, 0.717) is 39.5 Å². The lowest BCUT2D eigenvalue weighted by Crippen LogP contribution is -2.43. The summed E-state index contributed by atoms with van der Waals surface area (Å²) >= 11 is 0. The highest BCUT2D eigenvalue weighted by Gasteiger charge is 2.39. The molecule has 4 aromatic rings. The lowest BCUT2D eigenvalue weighted by atomic mass is 9.96. The number of aromatic nitrogens is 3. The highest BCUT2D eigenvalue weighted by Crippen LogP contribution is 2.43. The maximum absolute atomic E-state index is 14.8. The number of alkyl halides is 2. The standard InChI is InChI=1S/C29H27F3N6O/c1-33-22-6-4-19(12-21(22)30)26-27(20-5-7-23-25(13-20)39-29(31,32)16-37(23)3)34-14-24-28(26)35-17-38(24)15-18-8-10-36(2)11-9-18/h4-7,12-14,17-18H,8-11,15-16H2,2-3H3. The van der Waals surface area contributed by atoms with Crippen LogP contribution in [0.1, 0.15) is 12.8 Å². The number of nitrogens with zero attached hydrogens (tertiary/aromatic N) is 6. The molecule has 0 radical (unpaired) electrons. The van der Waals surface area contributed by atoms with E-state index in [1.165, 1.54) is 23.1 Å². The molecule has 7 nitrogen and oxygen atoms in total. The number of imidazole rings is 1. The number of benzene rings is 2. The summed E-state index contributed by atoms with van der Waals surface area (Å²) < 4.78 is 50.3. The number of piperidine rings is 1. The number of hydrogen-bond acceptors (Lipinski definition) is 5. The average molecular weight is 533 g/mol. The number of hydrogen-bond donors (Lipinski definition) is 0. The highest BCUT2D eigenvalue weighted by atomic mass is 19.3. The van der Waals surface area contributed by atoms with Gasteiger partial charge in [-0.1, -0.05) is 18.2 Å². The predicted molar refractivity (Wildman–Crippen MR) is 144 cm³/mol. The molecule has 2 aliphatic rings. The molecule has 6 rings (SSSR count). The minimum Gasteiger partial charge on any atom is -0.429 e. The minimum atomic E-state index is -3.33. The summed E-state index contributed by atoms with van der Waals surface area (Å²) in [5.41, 5.74) is 3.97. The van der Waals surface area contributed by atoms with Gasteiger partial charge in [0.2, 0.25) is 5.69 Å². The molecule has 0 aliphatic carbocycles. The molecule has 0 N–H and O–H groups in total. The van der Waals surface area contributed by atoms with Crippen molar-refractivity contribution in [1.82, 2.24) is 19.4 Å². The van der Waals surface area contributed by atoms with Crippen molar-refractivity contribution in [2.24, 2.45) is 5.92 Å². The van der Waals surface area contributed by atoms with Crippen molar-refractivity contribution in [3.63, 3.8) is 0 Å². The topological polar surface area (TPSA) is 50.8 Å². The molecular formula is C29H27F3N6O. The van der Waals surface area contributed by atoms with Crippen LogP contribution in [0, 0.1) is 18.3 Å². The Bertz CT molecular complexity index is 1600. The number of fused-ring (bicyclic) bond motifs is 2. The number of likely N-dealkylation sites (tertiary alicyclic amines) is 1. The molecule has 0 atom stereocenters. The molecule has 2 aromatic carbocycles. The monoisotopic (exact) mass is 532 g/mol. The summed E-state index contributed by atoms with van der Waals surface area (Å²) in [6, 6.07) is 9.46. The summed E-state index contributed by atoms with van der Waals surface area (Å²) in [7, 11) is 3.72. The van der Waals surface area contributed by atoms with Crippen molar-refractivity contribution in [2.45, 2.75) is 25.5 Å². The van der Waals surface area contributed by atoms with Gasteiger partial charge >= 0.3 is 6.11 Å². The Balaban J connectivity index is 1.49. The quantitative estimate of drug-likeness (QED) is 0.292. The Morgan fingerprint density at radius 3 is 2.59 bits per heavy atom. The van der Waals surface area contributed by atoms with Crippen LogP contribution in [0.3, 0.4) is 0 Å². The van der Waals surface area contributed by atoms with Gasteiger partial charge in [0, 0.05) is 24.7 Å². The van der Waals surface area contributed by atoms with Crippen LogP contribution >= 0.6 is 0 Å². The van der Waals surface area contributed by atoms with Crippen molar-refractivity contribution in [3.8, 4) is 28.1 Å². The minimum absolute atomic E-state index is 0.0430. The second kappa shape index (κ2) is 9.58. The highest BCUT2D eigenvalue weighted by molar-refractivity contribution is 5.99. The fraction of sp³-hybridized carbons (Fsp3) is 0.345. The normalized spacial score (nSPS) is 17.6. The molecule has 0 unspecified atom stereocenters. The van der Waals surface area contributed by atoms with Crippen LogP contribution in [0.4, 0.5) is 24.5 Å². The first-order chi connectivity index (χ1) is 18.7. The lowest BCUT2D eigenvalue weighted by Gasteiger charge is -2.33. The van der Waals surface area contributed by atoms with Crippen LogP contribution < -0.4 is 9.64 Å². The lowest BCUT2D eigenvalue weighted by molar-refractivity contribution is -0.171. The molecule has 2 aromatic heterocycles. The molecule has 0 amide bonds. The fourth-order valence-corrected chi connectivity index (χ4v) is 5.55. The molecule has 39 heavy (non-hydrogen) atoms. The number of ether oxygens (including phenoxy) is 1. The summed E-state index contributed by atoms with van der Waals surface area (Å²) in [5, 5.41) is 0. The van der Waals surface area contributed by atoms with Gasteiger partial charge in [0.25, 0.3) is 0 Å². The number of likely N-dealkylation sites (N-methyl/N-ethyl adjacent to an activating group) is 1. The summed E-state index contributed by atoms with van der Waals surface area (Å²) in [4.78, 5) is 16.5. The van der Waals surface area contributed by atoms with Gasteiger partial charge in [0.05, 0.1) is 36.0 Å². The first kappa shape index (κ1) is 25.2. The van der Waals surface area contributed by atoms with Gasteiger partial charge < -0.3 is 19.1 Å². The van der Waals surface area contributed by atoms with Crippen LogP contribution in [0.15, 0.2) is 48.9 Å². The third kappa shape index (κ3) is 4.68. The van der Waals surface area contributed by atoms with E-state index in [4.69, 9.17) is 21.3 Å². The third-order valence-corrected chi connectivity index (χ3v) is 7.64. The van der Waals surface area contributed by atoms with Gasteiger partial charge in [-0.3, -0.25) is 4.98 Å². The number of rotatable bonds is 4. The molecule has 1 fully saturated rings. The van der Waals surface area contributed by atoms with E-state index in [-0.39, 0.29) is 11.4 Å². The maximum Gasteiger partial charge on any atom is 0.415 e. The Morgan fingerprint density at radius 1 is 1.08 bits per heavy atom. The van der Waals surface area contributed by atoms with Gasteiger partial charge in [-0.15, -0.1) is 0 Å². The van der Waals surface area contributed by atoms with Gasteiger partial charge in [0.15, 0.2) is 0 Å². The SMILES string of the molecule is [C-]#[N+]c1ccc(-c2c(-c3ccc4c(c3)OC(F)(F)CN4C)ncc3c2ncn3CC2CCN(C)CC2)cc1F. The third-order valence-electron chi connectivity index (χ3n) is 7.64. The second-order valence-electron chi connectivity index (χ2n) is 10.4. The van der Waals surface area contributed by atoms with Gasteiger partial charge in [0.1, 0.15) is 23.6 Å². The largest absolute Gasteiger partial charge is 0.429 e. The van der Waals surface area contributed by atoms with E-state index < -0.39 is 18.5 Å². The fourth-order valence-electron chi connectivity index (χ4n) is 5.55. The van der Waals surface area contributed by atoms with Crippen molar-refractivity contribution >= 4 is 22.4 Å². The zero-order valence-corrected chi connectivity index (χ0v) is 21.7. The van der Waals surface area contributed by atoms with E-state index >= 15 is 0 Å². The molecule has 0 bridgehead atoms. The molecule has 4 heterocycles. The molecular weight excluding hydrogens is 505 g/mol. The Kier molecular flexibility index (Phi) is 6.19. The molecule has 0 saturated carbocycles. The van der Waals surface area contributed by atoms with E-state index in [1.54, 1.807) is 37.8 Å². The Hall–Kier alpha value is -4.10. The first-order valence-electron chi connectivity index (χ1n) is 12.8. The Morgan fingerprint density at radius 2 is 1.85 bits per heavy atom.